The molecule has 7 nitrogen and oxygen atoms in total. The summed E-state index contributed by atoms with van der Waals surface area (Å²) < 4.78 is 15.4. The molecule has 1 N–H and O–H groups in total. The lowest BCUT2D eigenvalue weighted by atomic mass is 10.2. The van der Waals surface area contributed by atoms with E-state index in [1.165, 1.54) is 12.1 Å². The van der Waals surface area contributed by atoms with Gasteiger partial charge in [-0.2, -0.15) is 0 Å². The van der Waals surface area contributed by atoms with Gasteiger partial charge in [-0.15, -0.1) is 0 Å². The fourth-order valence-corrected chi connectivity index (χ4v) is 2.88. The number of nitrogens with one attached hydrogen (secondary N) is 1. The normalized spacial score (nSPS) is 10.6. The fraction of sp³-hybridized carbons (Fsp3) is 0.190. The van der Waals surface area contributed by atoms with Crippen molar-refractivity contribution in [3.05, 3.63) is 74.6 Å². The van der Waals surface area contributed by atoms with Crippen molar-refractivity contribution in [3.63, 3.8) is 0 Å². The maximum absolute atomic E-state index is 12.2. The van der Waals surface area contributed by atoms with Crippen molar-refractivity contribution >= 4 is 46.0 Å². The minimum atomic E-state index is -0.713. The molecule has 1 aromatic heterocycles. The van der Waals surface area contributed by atoms with Crippen LogP contribution in [0.1, 0.15) is 16.8 Å². The zero-order chi connectivity index (χ0) is 21.5. The second-order valence-corrected chi connectivity index (χ2v) is 7.02. The van der Waals surface area contributed by atoms with Gasteiger partial charge in [0.25, 0.3) is 5.91 Å². The van der Waals surface area contributed by atoms with Gasteiger partial charge in [0.05, 0.1) is 11.6 Å². The molecule has 0 fully saturated rings. The van der Waals surface area contributed by atoms with E-state index in [2.05, 4.69) is 5.32 Å². The largest absolute Gasteiger partial charge is 0.480 e. The predicted molar refractivity (Wildman–Crippen MR) is 112 cm³/mol. The standard InChI is InChI=1S/C21H17Cl2NO6/c22-14-6-7-16(23)18(11-14)29-12-19(25)28-9-3-8-24-20(26)15-10-13-4-1-2-5-17(13)30-21(15)27/h1-2,4-7,10-11H,3,8-9,12H2,(H,24,26). The summed E-state index contributed by atoms with van der Waals surface area (Å²) in [6.07, 6.45) is 0.355. The molecule has 1 amide bonds. The Morgan fingerprint density at radius 1 is 1.07 bits per heavy atom. The molecular formula is C21H17Cl2NO6. The Bertz CT molecular complexity index is 1130. The number of carbonyl (C=O) groups is 2. The summed E-state index contributed by atoms with van der Waals surface area (Å²) in [5.74, 6) is -0.866. The average Bonchev–Trinajstić information content (AvgIpc) is 2.73. The molecule has 0 saturated carbocycles. The van der Waals surface area contributed by atoms with E-state index in [1.54, 1.807) is 36.4 Å². The van der Waals surface area contributed by atoms with Crippen LogP contribution in [-0.4, -0.2) is 31.6 Å². The van der Waals surface area contributed by atoms with Gasteiger partial charge in [0.15, 0.2) is 6.61 Å². The summed E-state index contributed by atoms with van der Waals surface area (Å²) in [6, 6.07) is 13.0. The molecule has 0 aliphatic heterocycles. The minimum Gasteiger partial charge on any atom is -0.480 e. The average molecular weight is 450 g/mol. The number of hydrogen-bond acceptors (Lipinski definition) is 6. The van der Waals surface area contributed by atoms with Crippen LogP contribution < -0.4 is 15.7 Å². The number of ether oxygens (including phenoxy) is 2. The first-order valence-corrected chi connectivity index (χ1v) is 9.74. The molecule has 156 valence electrons. The van der Waals surface area contributed by atoms with E-state index >= 15 is 0 Å². The molecule has 0 spiro atoms. The van der Waals surface area contributed by atoms with Gasteiger partial charge in [0.2, 0.25) is 0 Å². The first kappa shape index (κ1) is 21.7. The predicted octanol–water partition coefficient (Wildman–Crippen LogP) is 3.84. The maximum Gasteiger partial charge on any atom is 0.349 e. The SMILES string of the molecule is O=C(COc1cc(Cl)ccc1Cl)OCCCNC(=O)c1cc2ccccc2oc1=O. The van der Waals surface area contributed by atoms with Crippen molar-refractivity contribution in [2.75, 3.05) is 19.8 Å². The van der Waals surface area contributed by atoms with E-state index in [0.717, 1.165) is 0 Å². The lowest BCUT2D eigenvalue weighted by Crippen LogP contribution is -2.29. The Labute approximate surface area is 181 Å². The number of amides is 1. The highest BCUT2D eigenvalue weighted by atomic mass is 35.5. The van der Waals surface area contributed by atoms with E-state index in [1.807, 2.05) is 0 Å². The topological polar surface area (TPSA) is 94.8 Å². The highest BCUT2D eigenvalue weighted by molar-refractivity contribution is 6.34. The summed E-state index contributed by atoms with van der Waals surface area (Å²) in [7, 11) is 0. The molecule has 3 aromatic rings. The third-order valence-electron chi connectivity index (χ3n) is 3.99. The van der Waals surface area contributed by atoms with Crippen molar-refractivity contribution in [3.8, 4) is 5.75 Å². The molecule has 1 heterocycles. The van der Waals surface area contributed by atoms with Crippen LogP contribution in [0.5, 0.6) is 5.75 Å². The molecule has 3 rings (SSSR count). The van der Waals surface area contributed by atoms with Crippen LogP contribution in [-0.2, 0) is 9.53 Å². The molecule has 0 radical (unpaired) electrons. The summed E-state index contributed by atoms with van der Waals surface area (Å²) in [4.78, 5) is 35.9. The highest BCUT2D eigenvalue weighted by Gasteiger charge is 2.13. The number of carbonyl (C=O) groups excluding carboxylic acids is 2. The number of hydrogen-bond donors (Lipinski definition) is 1. The number of fused-ring (bicyclic) bond motifs is 1. The van der Waals surface area contributed by atoms with E-state index in [4.69, 9.17) is 37.1 Å². The Hall–Kier alpha value is -3.03. The van der Waals surface area contributed by atoms with Gasteiger partial charge < -0.3 is 19.2 Å². The first-order valence-electron chi connectivity index (χ1n) is 8.98. The zero-order valence-electron chi connectivity index (χ0n) is 15.7. The molecule has 30 heavy (non-hydrogen) atoms. The van der Waals surface area contributed by atoms with E-state index in [9.17, 15) is 14.4 Å². The summed E-state index contributed by atoms with van der Waals surface area (Å²) in [6.45, 7) is -0.0536. The van der Waals surface area contributed by atoms with Crippen LogP contribution in [0, 0.1) is 0 Å². The van der Waals surface area contributed by atoms with Crippen molar-refractivity contribution in [2.24, 2.45) is 0 Å². The molecule has 2 aromatic carbocycles. The Morgan fingerprint density at radius 2 is 1.87 bits per heavy atom. The molecule has 0 unspecified atom stereocenters. The first-order chi connectivity index (χ1) is 14.4. The Kier molecular flexibility index (Phi) is 7.32. The number of esters is 1. The van der Waals surface area contributed by atoms with E-state index in [-0.39, 0.29) is 31.1 Å². The van der Waals surface area contributed by atoms with Gasteiger partial charge in [0, 0.05) is 23.0 Å². The van der Waals surface area contributed by atoms with Crippen molar-refractivity contribution < 1.29 is 23.5 Å². The number of rotatable bonds is 8. The van der Waals surface area contributed by atoms with Gasteiger partial charge in [0.1, 0.15) is 16.9 Å². The number of benzene rings is 2. The van der Waals surface area contributed by atoms with Gasteiger partial charge >= 0.3 is 11.6 Å². The van der Waals surface area contributed by atoms with Crippen LogP contribution in [0.2, 0.25) is 10.0 Å². The summed E-state index contributed by atoms with van der Waals surface area (Å²) in [5, 5.41) is 4.00. The second-order valence-electron chi connectivity index (χ2n) is 6.18. The lowest BCUT2D eigenvalue weighted by molar-refractivity contribution is -0.146. The highest BCUT2D eigenvalue weighted by Crippen LogP contribution is 2.27. The molecule has 0 aliphatic carbocycles. The third-order valence-corrected chi connectivity index (χ3v) is 4.54. The van der Waals surface area contributed by atoms with Crippen LogP contribution in [0.15, 0.2) is 57.7 Å². The van der Waals surface area contributed by atoms with E-state index in [0.29, 0.717) is 27.4 Å². The summed E-state index contributed by atoms with van der Waals surface area (Å²) >= 11 is 11.8. The van der Waals surface area contributed by atoms with Crippen LogP contribution >= 0.6 is 23.2 Å². The Morgan fingerprint density at radius 3 is 2.70 bits per heavy atom. The van der Waals surface area contributed by atoms with Crippen LogP contribution in [0.4, 0.5) is 0 Å². The van der Waals surface area contributed by atoms with Crippen molar-refractivity contribution in [1.82, 2.24) is 5.32 Å². The zero-order valence-corrected chi connectivity index (χ0v) is 17.2. The molecule has 9 heteroatoms. The smallest absolute Gasteiger partial charge is 0.349 e. The fourth-order valence-electron chi connectivity index (χ4n) is 2.54. The van der Waals surface area contributed by atoms with Crippen molar-refractivity contribution in [2.45, 2.75) is 6.42 Å². The molecular weight excluding hydrogens is 433 g/mol. The quantitative estimate of drug-likeness (QED) is 0.318. The molecule has 0 saturated heterocycles. The van der Waals surface area contributed by atoms with Gasteiger partial charge in [-0.05, 0) is 30.7 Å². The lowest BCUT2D eigenvalue weighted by Gasteiger charge is -2.09. The number of halogens is 2. The van der Waals surface area contributed by atoms with Crippen LogP contribution in [0.3, 0.4) is 0 Å². The van der Waals surface area contributed by atoms with Crippen molar-refractivity contribution in [1.29, 1.82) is 0 Å². The van der Waals surface area contributed by atoms with Gasteiger partial charge in [-0.3, -0.25) is 4.79 Å². The van der Waals surface area contributed by atoms with E-state index < -0.39 is 17.5 Å². The summed E-state index contributed by atoms with van der Waals surface area (Å²) in [5.41, 5.74) is -0.390. The second kappa shape index (κ2) is 10.1. The van der Waals surface area contributed by atoms with Gasteiger partial charge in [-0.1, -0.05) is 41.4 Å². The number of para-hydroxylation sites is 1. The monoisotopic (exact) mass is 449 g/mol. The molecule has 0 atom stereocenters. The van der Waals surface area contributed by atoms with Gasteiger partial charge in [-0.25, -0.2) is 9.59 Å². The maximum atomic E-state index is 12.2. The molecule has 0 bridgehead atoms. The molecule has 0 aliphatic rings. The minimum absolute atomic E-state index is 0.0675. The van der Waals surface area contributed by atoms with Crippen LogP contribution in [0.25, 0.3) is 11.0 Å². The third kappa shape index (κ3) is 5.75. The Balaban J connectivity index is 1.40.